The van der Waals surface area contributed by atoms with Crippen LogP contribution in [-0.2, 0) is 20.8 Å². The lowest BCUT2D eigenvalue weighted by atomic mass is 10.0. The smallest absolute Gasteiger partial charge is 0.248 e. The summed E-state index contributed by atoms with van der Waals surface area (Å²) in [5.74, 6) is 0.00954. The first-order valence-corrected chi connectivity index (χ1v) is 7.87. The highest BCUT2D eigenvalue weighted by Crippen LogP contribution is 2.24. The van der Waals surface area contributed by atoms with Crippen molar-refractivity contribution in [1.29, 1.82) is 0 Å². The largest absolute Gasteiger partial charge is 0.369 e. The fourth-order valence-corrected chi connectivity index (χ4v) is 3.22. The van der Waals surface area contributed by atoms with E-state index in [-0.39, 0.29) is 12.5 Å². The second kappa shape index (κ2) is 6.54. The number of ether oxygens (including phenoxy) is 2. The van der Waals surface area contributed by atoms with Crippen molar-refractivity contribution in [2.75, 3.05) is 46.5 Å². The van der Waals surface area contributed by atoms with E-state index < -0.39 is 5.60 Å². The molecule has 0 aliphatic carbocycles. The molecule has 2 aliphatic heterocycles. The van der Waals surface area contributed by atoms with Gasteiger partial charge < -0.3 is 14.4 Å². The Morgan fingerprint density at radius 3 is 2.82 bits per heavy atom. The van der Waals surface area contributed by atoms with Crippen molar-refractivity contribution in [2.24, 2.45) is 0 Å². The van der Waals surface area contributed by atoms with Gasteiger partial charge in [-0.25, -0.2) is 0 Å². The average molecular weight is 325 g/mol. The minimum atomic E-state index is -0.425. The van der Waals surface area contributed by atoms with Gasteiger partial charge in [0.15, 0.2) is 0 Å². The van der Waals surface area contributed by atoms with Crippen LogP contribution in [0.3, 0.4) is 0 Å². The van der Waals surface area contributed by atoms with Crippen LogP contribution in [0.15, 0.2) is 24.3 Å². The Morgan fingerprint density at radius 1 is 1.27 bits per heavy atom. The van der Waals surface area contributed by atoms with Crippen LogP contribution < -0.4 is 0 Å². The molecule has 22 heavy (non-hydrogen) atoms. The molecule has 120 valence electrons. The van der Waals surface area contributed by atoms with Crippen LogP contribution >= 0.6 is 11.6 Å². The second-order valence-electron chi connectivity index (χ2n) is 6.11. The molecular weight excluding hydrogens is 304 g/mol. The molecule has 0 bridgehead atoms. The molecule has 3 rings (SSSR count). The molecule has 1 aromatic carbocycles. The van der Waals surface area contributed by atoms with Crippen LogP contribution in [0.2, 0.25) is 5.02 Å². The summed E-state index contributed by atoms with van der Waals surface area (Å²) in [6.45, 7) is 4.30. The molecular formula is C16H21ClN2O3. The number of hydrogen-bond acceptors (Lipinski definition) is 4. The zero-order valence-electron chi connectivity index (χ0n) is 12.8. The third kappa shape index (κ3) is 3.60. The van der Waals surface area contributed by atoms with Crippen LogP contribution in [-0.4, -0.2) is 67.8 Å². The summed E-state index contributed by atoms with van der Waals surface area (Å²) in [5.41, 5.74) is 0.798. The summed E-state index contributed by atoms with van der Waals surface area (Å²) in [6.07, 6.45) is 0. The molecule has 1 spiro atoms. The summed E-state index contributed by atoms with van der Waals surface area (Å²) in [5, 5.41) is 0.750. The van der Waals surface area contributed by atoms with Gasteiger partial charge in [0.1, 0.15) is 12.2 Å². The maximum Gasteiger partial charge on any atom is 0.248 e. The SMILES string of the molecule is CN1CC2(COCC1=O)CN(Cc1ccc(Cl)cc1)CCO2. The van der Waals surface area contributed by atoms with Gasteiger partial charge in [0, 0.05) is 31.7 Å². The molecule has 0 N–H and O–H groups in total. The molecule has 2 fully saturated rings. The first-order chi connectivity index (χ1) is 10.6. The topological polar surface area (TPSA) is 42.0 Å². The number of benzene rings is 1. The highest BCUT2D eigenvalue weighted by Gasteiger charge is 2.41. The number of carbonyl (C=O) groups is 1. The third-order valence-corrected chi connectivity index (χ3v) is 4.44. The fourth-order valence-electron chi connectivity index (χ4n) is 3.09. The van der Waals surface area contributed by atoms with Gasteiger partial charge in [-0.1, -0.05) is 23.7 Å². The quantitative estimate of drug-likeness (QED) is 0.824. The van der Waals surface area contributed by atoms with Gasteiger partial charge in [-0.15, -0.1) is 0 Å². The fraction of sp³-hybridized carbons (Fsp3) is 0.562. The second-order valence-corrected chi connectivity index (χ2v) is 6.55. The van der Waals surface area contributed by atoms with E-state index in [1.54, 1.807) is 11.9 Å². The number of hydrogen-bond donors (Lipinski definition) is 0. The van der Waals surface area contributed by atoms with Crippen molar-refractivity contribution >= 4 is 17.5 Å². The number of nitrogens with zero attached hydrogens (tertiary/aromatic N) is 2. The Morgan fingerprint density at radius 2 is 2.05 bits per heavy atom. The lowest BCUT2D eigenvalue weighted by Gasteiger charge is -2.42. The summed E-state index contributed by atoms with van der Waals surface area (Å²) >= 11 is 5.93. The van der Waals surface area contributed by atoms with Gasteiger partial charge in [0.2, 0.25) is 5.91 Å². The minimum Gasteiger partial charge on any atom is -0.369 e. The van der Waals surface area contributed by atoms with Crippen LogP contribution in [0.4, 0.5) is 0 Å². The van der Waals surface area contributed by atoms with Crippen molar-refractivity contribution in [3.05, 3.63) is 34.9 Å². The van der Waals surface area contributed by atoms with Crippen LogP contribution in [0.5, 0.6) is 0 Å². The predicted molar refractivity (Wildman–Crippen MR) is 83.9 cm³/mol. The summed E-state index contributed by atoms with van der Waals surface area (Å²) in [6, 6.07) is 7.91. The van der Waals surface area contributed by atoms with E-state index in [2.05, 4.69) is 4.90 Å². The molecule has 1 amide bonds. The van der Waals surface area contributed by atoms with Gasteiger partial charge >= 0.3 is 0 Å². The Balaban J connectivity index is 1.68. The predicted octanol–water partition coefficient (Wildman–Crippen LogP) is 1.40. The molecule has 1 unspecified atom stereocenters. The number of likely N-dealkylation sites (N-methyl/N-ethyl adjacent to an activating group) is 1. The molecule has 5 nitrogen and oxygen atoms in total. The van der Waals surface area contributed by atoms with E-state index in [0.29, 0.717) is 19.8 Å². The highest BCUT2D eigenvalue weighted by molar-refractivity contribution is 6.30. The van der Waals surface area contributed by atoms with E-state index in [4.69, 9.17) is 21.1 Å². The van der Waals surface area contributed by atoms with E-state index in [0.717, 1.165) is 24.7 Å². The monoisotopic (exact) mass is 324 g/mol. The van der Waals surface area contributed by atoms with Gasteiger partial charge in [0.25, 0.3) is 0 Å². The Labute approximate surface area is 135 Å². The number of morpholine rings is 1. The normalized spacial score (nSPS) is 27.2. The van der Waals surface area contributed by atoms with Crippen molar-refractivity contribution in [1.82, 2.24) is 9.80 Å². The van der Waals surface area contributed by atoms with Gasteiger partial charge in [-0.05, 0) is 17.7 Å². The first kappa shape index (κ1) is 15.7. The zero-order valence-corrected chi connectivity index (χ0v) is 13.5. The lowest BCUT2D eigenvalue weighted by molar-refractivity contribution is -0.143. The third-order valence-electron chi connectivity index (χ3n) is 4.19. The Bertz CT molecular complexity index is 537. The van der Waals surface area contributed by atoms with E-state index >= 15 is 0 Å². The van der Waals surface area contributed by atoms with Crippen LogP contribution in [0, 0.1) is 0 Å². The zero-order chi connectivity index (χ0) is 15.6. The molecule has 2 aliphatic rings. The van der Waals surface area contributed by atoms with Crippen LogP contribution in [0.1, 0.15) is 5.56 Å². The van der Waals surface area contributed by atoms with Crippen molar-refractivity contribution in [3.63, 3.8) is 0 Å². The molecule has 2 heterocycles. The van der Waals surface area contributed by atoms with Crippen molar-refractivity contribution in [3.8, 4) is 0 Å². The average Bonchev–Trinajstić information content (AvgIpc) is 2.61. The summed E-state index contributed by atoms with van der Waals surface area (Å²) in [4.78, 5) is 15.8. The molecule has 0 radical (unpaired) electrons. The standard InChI is InChI=1S/C16H21ClN2O3/c1-18-10-16(12-21-9-15(18)20)11-19(6-7-22-16)8-13-2-4-14(17)5-3-13/h2-5H,6-12H2,1H3. The summed E-state index contributed by atoms with van der Waals surface area (Å²) < 4.78 is 11.5. The van der Waals surface area contributed by atoms with Gasteiger partial charge in [-0.2, -0.15) is 0 Å². The molecule has 1 atom stereocenters. The van der Waals surface area contributed by atoms with Crippen molar-refractivity contribution in [2.45, 2.75) is 12.1 Å². The number of amides is 1. The molecule has 1 aromatic rings. The highest BCUT2D eigenvalue weighted by atomic mass is 35.5. The van der Waals surface area contributed by atoms with Gasteiger partial charge in [-0.3, -0.25) is 9.69 Å². The lowest BCUT2D eigenvalue weighted by Crippen LogP contribution is -2.58. The van der Waals surface area contributed by atoms with Crippen LogP contribution in [0.25, 0.3) is 0 Å². The maximum absolute atomic E-state index is 11.8. The minimum absolute atomic E-state index is 0.00954. The molecule has 0 saturated carbocycles. The number of halogens is 1. The number of carbonyl (C=O) groups excluding carboxylic acids is 1. The summed E-state index contributed by atoms with van der Waals surface area (Å²) in [7, 11) is 1.81. The van der Waals surface area contributed by atoms with Crippen molar-refractivity contribution < 1.29 is 14.3 Å². The van der Waals surface area contributed by atoms with E-state index in [1.165, 1.54) is 5.56 Å². The Kier molecular flexibility index (Phi) is 4.68. The first-order valence-electron chi connectivity index (χ1n) is 7.49. The molecule has 0 aromatic heterocycles. The molecule has 6 heteroatoms. The Hall–Kier alpha value is -1.14. The number of rotatable bonds is 2. The van der Waals surface area contributed by atoms with E-state index in [1.807, 2.05) is 24.3 Å². The maximum atomic E-state index is 11.8. The molecule has 2 saturated heterocycles. The van der Waals surface area contributed by atoms with Gasteiger partial charge in [0.05, 0.1) is 19.8 Å². The van der Waals surface area contributed by atoms with E-state index in [9.17, 15) is 4.79 Å².